The van der Waals surface area contributed by atoms with Gasteiger partial charge >= 0.3 is 0 Å². The second-order valence-corrected chi connectivity index (χ2v) is 6.80. The fraction of sp³-hybridized carbons (Fsp3) is 0.263. The second-order valence-electron chi connectivity index (χ2n) is 5.81. The van der Waals surface area contributed by atoms with Gasteiger partial charge in [0.15, 0.2) is 0 Å². The Labute approximate surface area is 151 Å². The van der Waals surface area contributed by atoms with Gasteiger partial charge in [0.25, 0.3) is 11.1 Å². The summed E-state index contributed by atoms with van der Waals surface area (Å²) in [4.78, 5) is 26.5. The maximum Gasteiger partial charge on any atom is 0.293 e. The number of methoxy groups -OCH3 is 1. The third-order valence-electron chi connectivity index (χ3n) is 4.27. The van der Waals surface area contributed by atoms with E-state index in [4.69, 9.17) is 4.74 Å². The third-order valence-corrected chi connectivity index (χ3v) is 5.15. The van der Waals surface area contributed by atoms with Crippen LogP contribution in [0.4, 0.5) is 4.79 Å². The van der Waals surface area contributed by atoms with Crippen molar-refractivity contribution in [3.05, 3.63) is 53.2 Å². The lowest BCUT2D eigenvalue weighted by Crippen LogP contribution is -2.36. The molecule has 3 rings (SSSR count). The van der Waals surface area contributed by atoms with E-state index in [0.717, 1.165) is 35.3 Å². The van der Waals surface area contributed by atoms with E-state index in [1.54, 1.807) is 13.2 Å². The van der Waals surface area contributed by atoms with Crippen LogP contribution in [-0.4, -0.2) is 33.8 Å². The molecule has 25 heavy (non-hydrogen) atoms. The van der Waals surface area contributed by atoms with E-state index >= 15 is 0 Å². The monoisotopic (exact) mass is 356 g/mol. The highest BCUT2D eigenvalue weighted by atomic mass is 32.2. The van der Waals surface area contributed by atoms with E-state index < -0.39 is 0 Å². The number of amides is 2. The predicted octanol–water partition coefficient (Wildman–Crippen LogP) is 4.32. The van der Waals surface area contributed by atoms with Gasteiger partial charge in [-0.05, 0) is 67.6 Å². The molecular formula is C19H20N2O3S. The number of carbonyl (C=O) groups excluding carboxylic acids is 2. The molecule has 1 aromatic carbocycles. The van der Waals surface area contributed by atoms with Crippen molar-refractivity contribution in [1.82, 2.24) is 9.47 Å². The maximum atomic E-state index is 12.6. The van der Waals surface area contributed by atoms with Crippen molar-refractivity contribution in [2.24, 2.45) is 0 Å². The number of thioether (sulfide) groups is 1. The lowest BCUT2D eigenvalue weighted by atomic mass is 10.2. The fourth-order valence-electron chi connectivity index (χ4n) is 2.67. The molecule has 1 unspecified atom stereocenters. The number of hydrogen-bond donors (Lipinski definition) is 0. The van der Waals surface area contributed by atoms with Crippen LogP contribution in [0.3, 0.4) is 0 Å². The standard InChI is InChI=1S/C19H20N2O3S/c1-4-13(2)21-18(22)17(25-19(21)23)12-15-6-5-11-20(15)14-7-9-16(24-3)10-8-14/h5-13H,4H2,1-3H3/b17-12+. The zero-order chi connectivity index (χ0) is 18.0. The fourth-order valence-corrected chi connectivity index (χ4v) is 3.58. The molecule has 5 nitrogen and oxygen atoms in total. The Balaban J connectivity index is 1.91. The van der Waals surface area contributed by atoms with Gasteiger partial charge in [0.1, 0.15) is 5.75 Å². The van der Waals surface area contributed by atoms with Gasteiger partial charge in [0, 0.05) is 23.6 Å². The molecular weight excluding hydrogens is 336 g/mol. The van der Waals surface area contributed by atoms with E-state index in [2.05, 4.69) is 0 Å². The van der Waals surface area contributed by atoms with E-state index in [0.29, 0.717) is 4.91 Å². The molecule has 0 spiro atoms. The third kappa shape index (κ3) is 3.35. The molecule has 6 heteroatoms. The summed E-state index contributed by atoms with van der Waals surface area (Å²) in [6.45, 7) is 3.85. The number of benzene rings is 1. The van der Waals surface area contributed by atoms with E-state index in [1.807, 2.05) is 61.0 Å². The normalized spacial score (nSPS) is 17.4. The van der Waals surface area contributed by atoms with Crippen molar-refractivity contribution in [2.75, 3.05) is 7.11 Å². The molecule has 0 bridgehead atoms. The zero-order valence-electron chi connectivity index (χ0n) is 14.4. The molecule has 0 saturated carbocycles. The maximum absolute atomic E-state index is 12.6. The van der Waals surface area contributed by atoms with E-state index in [9.17, 15) is 9.59 Å². The summed E-state index contributed by atoms with van der Waals surface area (Å²) in [6.07, 6.45) is 4.44. The topological polar surface area (TPSA) is 51.5 Å². The summed E-state index contributed by atoms with van der Waals surface area (Å²) < 4.78 is 7.15. The predicted molar refractivity (Wildman–Crippen MR) is 99.9 cm³/mol. The summed E-state index contributed by atoms with van der Waals surface area (Å²) in [6, 6.07) is 11.4. The van der Waals surface area contributed by atoms with Crippen molar-refractivity contribution >= 4 is 29.0 Å². The molecule has 0 radical (unpaired) electrons. The van der Waals surface area contributed by atoms with Gasteiger partial charge in [-0.3, -0.25) is 14.5 Å². The van der Waals surface area contributed by atoms with Gasteiger partial charge in [0.05, 0.1) is 12.0 Å². The number of nitrogens with zero attached hydrogens (tertiary/aromatic N) is 2. The van der Waals surface area contributed by atoms with Gasteiger partial charge in [0.2, 0.25) is 0 Å². The summed E-state index contributed by atoms with van der Waals surface area (Å²) in [5, 5.41) is -0.201. The first-order valence-electron chi connectivity index (χ1n) is 8.14. The first-order valence-corrected chi connectivity index (χ1v) is 8.95. The summed E-state index contributed by atoms with van der Waals surface area (Å²) >= 11 is 0.999. The zero-order valence-corrected chi connectivity index (χ0v) is 15.2. The average Bonchev–Trinajstić information content (AvgIpc) is 3.19. The minimum Gasteiger partial charge on any atom is -0.497 e. The second kappa shape index (κ2) is 7.19. The van der Waals surface area contributed by atoms with Gasteiger partial charge in [-0.1, -0.05) is 6.92 Å². The molecule has 1 aromatic heterocycles. The number of rotatable bonds is 5. The van der Waals surface area contributed by atoms with Crippen LogP contribution < -0.4 is 4.74 Å². The van der Waals surface area contributed by atoms with Crippen LogP contribution in [0.2, 0.25) is 0 Å². The minimum atomic E-state index is -0.216. The van der Waals surface area contributed by atoms with Crippen LogP contribution in [0, 0.1) is 0 Å². The summed E-state index contributed by atoms with van der Waals surface area (Å²) in [5.74, 6) is 0.568. The molecule has 1 atom stereocenters. The van der Waals surface area contributed by atoms with Crippen molar-refractivity contribution in [3.8, 4) is 11.4 Å². The van der Waals surface area contributed by atoms with Crippen molar-refractivity contribution in [2.45, 2.75) is 26.3 Å². The van der Waals surface area contributed by atoms with E-state index in [-0.39, 0.29) is 17.2 Å². The van der Waals surface area contributed by atoms with Crippen LogP contribution >= 0.6 is 11.8 Å². The number of ether oxygens (including phenoxy) is 1. The Morgan fingerprint density at radius 1 is 1.20 bits per heavy atom. The first kappa shape index (κ1) is 17.4. The molecule has 1 aliphatic rings. The van der Waals surface area contributed by atoms with E-state index in [1.165, 1.54) is 4.90 Å². The van der Waals surface area contributed by atoms with Crippen LogP contribution in [0.1, 0.15) is 26.0 Å². The summed E-state index contributed by atoms with van der Waals surface area (Å²) in [7, 11) is 1.63. The van der Waals surface area contributed by atoms with Crippen LogP contribution in [-0.2, 0) is 4.79 Å². The number of carbonyl (C=O) groups is 2. The van der Waals surface area contributed by atoms with Gasteiger partial charge < -0.3 is 9.30 Å². The highest BCUT2D eigenvalue weighted by molar-refractivity contribution is 8.18. The minimum absolute atomic E-state index is 0.0910. The average molecular weight is 356 g/mol. The Bertz CT molecular complexity index is 823. The van der Waals surface area contributed by atoms with Crippen LogP contribution in [0.15, 0.2) is 47.5 Å². The SMILES string of the molecule is CCC(C)N1C(=O)S/C(=C/c2cccn2-c2ccc(OC)cc2)C1=O. The molecule has 1 fully saturated rings. The van der Waals surface area contributed by atoms with Gasteiger partial charge in [-0.15, -0.1) is 0 Å². The Kier molecular flexibility index (Phi) is 4.99. The smallest absolute Gasteiger partial charge is 0.293 e. The molecule has 1 aliphatic heterocycles. The highest BCUT2D eigenvalue weighted by Gasteiger charge is 2.37. The van der Waals surface area contributed by atoms with Gasteiger partial charge in [-0.2, -0.15) is 0 Å². The quantitative estimate of drug-likeness (QED) is 0.749. The molecule has 0 aliphatic carbocycles. The first-order chi connectivity index (χ1) is 12.0. The summed E-state index contributed by atoms with van der Waals surface area (Å²) in [5.41, 5.74) is 1.80. The van der Waals surface area contributed by atoms with Crippen molar-refractivity contribution in [3.63, 3.8) is 0 Å². The molecule has 2 amide bonds. The van der Waals surface area contributed by atoms with Crippen molar-refractivity contribution in [1.29, 1.82) is 0 Å². The largest absolute Gasteiger partial charge is 0.497 e. The van der Waals surface area contributed by atoms with Crippen LogP contribution in [0.5, 0.6) is 5.75 Å². The Morgan fingerprint density at radius 2 is 1.92 bits per heavy atom. The Hall–Kier alpha value is -2.47. The van der Waals surface area contributed by atoms with Crippen LogP contribution in [0.25, 0.3) is 11.8 Å². The number of aromatic nitrogens is 1. The van der Waals surface area contributed by atoms with Gasteiger partial charge in [-0.25, -0.2) is 0 Å². The molecule has 0 N–H and O–H groups in total. The molecule has 130 valence electrons. The lowest BCUT2D eigenvalue weighted by molar-refractivity contribution is -0.124. The number of hydrogen-bond acceptors (Lipinski definition) is 4. The highest BCUT2D eigenvalue weighted by Crippen LogP contribution is 2.34. The number of imide groups is 1. The van der Waals surface area contributed by atoms with Crippen molar-refractivity contribution < 1.29 is 14.3 Å². The molecule has 2 aromatic rings. The Morgan fingerprint density at radius 3 is 2.56 bits per heavy atom. The molecule has 2 heterocycles. The molecule has 1 saturated heterocycles. The lowest BCUT2D eigenvalue weighted by Gasteiger charge is -2.19.